The minimum Gasteiger partial charge on any atom is -0.395 e. The smallest absolute Gasteiger partial charge is 0.245 e. The Morgan fingerprint density at radius 2 is 2.18 bits per heavy atom. The van der Waals surface area contributed by atoms with Gasteiger partial charge in [-0.3, -0.25) is 9.59 Å². The van der Waals surface area contributed by atoms with Crippen LogP contribution in [0, 0.1) is 0 Å². The topological polar surface area (TPSA) is 69.6 Å². The van der Waals surface area contributed by atoms with E-state index in [2.05, 4.69) is 5.32 Å². The highest BCUT2D eigenvalue weighted by molar-refractivity contribution is 5.90. The van der Waals surface area contributed by atoms with Crippen molar-refractivity contribution in [3.8, 4) is 0 Å². The van der Waals surface area contributed by atoms with Crippen LogP contribution in [0.15, 0.2) is 0 Å². The maximum Gasteiger partial charge on any atom is 0.245 e. The first-order valence-corrected chi connectivity index (χ1v) is 6.34. The number of aliphatic hydroxyl groups excluding tert-OH is 1. The molecule has 0 aromatic rings. The lowest BCUT2D eigenvalue weighted by atomic mass is 10.1. The van der Waals surface area contributed by atoms with E-state index in [4.69, 9.17) is 5.11 Å². The van der Waals surface area contributed by atoms with Crippen LogP contribution in [0.4, 0.5) is 0 Å². The van der Waals surface area contributed by atoms with Crippen molar-refractivity contribution in [1.82, 2.24) is 10.2 Å². The lowest BCUT2D eigenvalue weighted by Gasteiger charge is -2.32. The van der Waals surface area contributed by atoms with Gasteiger partial charge in [0, 0.05) is 19.0 Å². The molecule has 1 fully saturated rings. The third-order valence-electron chi connectivity index (χ3n) is 3.30. The van der Waals surface area contributed by atoms with Crippen LogP contribution in [-0.4, -0.2) is 47.1 Å². The van der Waals surface area contributed by atoms with Gasteiger partial charge in [-0.2, -0.15) is 0 Å². The zero-order valence-corrected chi connectivity index (χ0v) is 10.6. The zero-order valence-electron chi connectivity index (χ0n) is 10.6. The molecule has 1 atom stereocenters. The maximum atomic E-state index is 12.2. The summed E-state index contributed by atoms with van der Waals surface area (Å²) in [7, 11) is 0. The normalized spacial score (nSPS) is 19.5. The molecule has 2 amide bonds. The van der Waals surface area contributed by atoms with Crippen LogP contribution in [0.1, 0.15) is 39.5 Å². The van der Waals surface area contributed by atoms with E-state index < -0.39 is 6.04 Å². The van der Waals surface area contributed by atoms with Crippen molar-refractivity contribution in [3.05, 3.63) is 0 Å². The van der Waals surface area contributed by atoms with E-state index in [-0.39, 0.29) is 24.5 Å². The fourth-order valence-corrected chi connectivity index (χ4v) is 2.31. The molecular weight excluding hydrogens is 220 g/mol. The first kappa shape index (κ1) is 14.0. The van der Waals surface area contributed by atoms with Gasteiger partial charge in [0.15, 0.2) is 0 Å². The van der Waals surface area contributed by atoms with E-state index in [0.717, 1.165) is 12.8 Å². The Hall–Kier alpha value is -1.10. The van der Waals surface area contributed by atoms with E-state index in [1.165, 1.54) is 0 Å². The molecule has 1 heterocycles. The molecule has 5 heteroatoms. The summed E-state index contributed by atoms with van der Waals surface area (Å²) in [5.41, 5.74) is 0. The van der Waals surface area contributed by atoms with E-state index in [1.54, 1.807) is 4.90 Å². The zero-order chi connectivity index (χ0) is 12.8. The van der Waals surface area contributed by atoms with Crippen molar-refractivity contribution in [1.29, 1.82) is 0 Å². The van der Waals surface area contributed by atoms with Crippen LogP contribution >= 0.6 is 0 Å². The van der Waals surface area contributed by atoms with Crippen LogP contribution in [-0.2, 0) is 9.59 Å². The molecule has 0 unspecified atom stereocenters. The van der Waals surface area contributed by atoms with E-state index in [9.17, 15) is 9.59 Å². The largest absolute Gasteiger partial charge is 0.395 e. The molecule has 0 saturated carbocycles. The minimum absolute atomic E-state index is 0.0388. The van der Waals surface area contributed by atoms with Crippen LogP contribution in [0.3, 0.4) is 0 Å². The van der Waals surface area contributed by atoms with Crippen molar-refractivity contribution in [3.63, 3.8) is 0 Å². The Morgan fingerprint density at radius 1 is 1.53 bits per heavy atom. The van der Waals surface area contributed by atoms with Crippen LogP contribution in [0.25, 0.3) is 0 Å². The van der Waals surface area contributed by atoms with Crippen molar-refractivity contribution in [2.75, 3.05) is 13.2 Å². The Labute approximate surface area is 102 Å². The van der Waals surface area contributed by atoms with Gasteiger partial charge in [0.05, 0.1) is 6.61 Å². The molecule has 0 radical (unpaired) electrons. The summed E-state index contributed by atoms with van der Waals surface area (Å²) < 4.78 is 0. The molecule has 98 valence electrons. The Bertz CT molecular complexity index is 277. The number of rotatable bonds is 6. The maximum absolute atomic E-state index is 12.2. The van der Waals surface area contributed by atoms with Crippen molar-refractivity contribution in [2.24, 2.45) is 0 Å². The summed E-state index contributed by atoms with van der Waals surface area (Å²) in [5, 5.41) is 11.7. The predicted molar refractivity (Wildman–Crippen MR) is 64.3 cm³/mol. The molecule has 2 N–H and O–H groups in total. The fourth-order valence-electron chi connectivity index (χ4n) is 2.31. The van der Waals surface area contributed by atoms with Gasteiger partial charge in [0.25, 0.3) is 0 Å². The molecule has 1 rings (SSSR count). The molecular formula is C12H22N2O3. The summed E-state index contributed by atoms with van der Waals surface area (Å²) in [6, 6.07) is -0.248. The number of hydrogen-bond acceptors (Lipinski definition) is 3. The van der Waals surface area contributed by atoms with Gasteiger partial charge in [0.1, 0.15) is 6.04 Å². The second kappa shape index (κ2) is 6.59. The molecule has 1 saturated heterocycles. The molecule has 1 aliphatic rings. The number of nitrogens with one attached hydrogen (secondary N) is 1. The predicted octanol–water partition coefficient (Wildman–Crippen LogP) is 0.274. The minimum atomic E-state index is -0.394. The molecule has 0 spiro atoms. The molecule has 0 aromatic carbocycles. The molecule has 0 bridgehead atoms. The average Bonchev–Trinajstić information content (AvgIpc) is 2.75. The number of carbonyl (C=O) groups is 2. The third kappa shape index (κ3) is 3.43. The first-order valence-electron chi connectivity index (χ1n) is 6.34. The monoisotopic (exact) mass is 242 g/mol. The lowest BCUT2D eigenvalue weighted by Crippen LogP contribution is -2.49. The molecule has 0 aromatic heterocycles. The summed E-state index contributed by atoms with van der Waals surface area (Å²) >= 11 is 0. The summed E-state index contributed by atoms with van der Waals surface area (Å²) in [5.74, 6) is -0.115. The highest BCUT2D eigenvalue weighted by atomic mass is 16.3. The Morgan fingerprint density at radius 3 is 2.59 bits per heavy atom. The van der Waals surface area contributed by atoms with Crippen molar-refractivity contribution < 1.29 is 14.7 Å². The quantitative estimate of drug-likeness (QED) is 0.702. The van der Waals surface area contributed by atoms with Gasteiger partial charge < -0.3 is 15.3 Å². The van der Waals surface area contributed by atoms with Crippen LogP contribution < -0.4 is 5.32 Å². The highest BCUT2D eigenvalue weighted by Crippen LogP contribution is 2.15. The second-order valence-electron chi connectivity index (χ2n) is 4.38. The van der Waals surface area contributed by atoms with Gasteiger partial charge in [0.2, 0.25) is 11.8 Å². The van der Waals surface area contributed by atoms with Crippen LogP contribution in [0.2, 0.25) is 0 Å². The van der Waals surface area contributed by atoms with Gasteiger partial charge in [-0.1, -0.05) is 13.8 Å². The standard InChI is InChI=1S/C12H22N2O3/c1-3-9(4-2)14(7-8-15)12(17)10-5-6-11(16)13-10/h9-10,15H,3-8H2,1-2H3,(H,13,16)/t10-/m1/s1. The number of hydrogen-bond donors (Lipinski definition) is 2. The lowest BCUT2D eigenvalue weighted by molar-refractivity contribution is -0.137. The van der Waals surface area contributed by atoms with E-state index in [0.29, 0.717) is 19.4 Å². The van der Waals surface area contributed by atoms with E-state index >= 15 is 0 Å². The summed E-state index contributed by atoms with van der Waals surface area (Å²) in [6.07, 6.45) is 2.72. The second-order valence-corrected chi connectivity index (χ2v) is 4.38. The van der Waals surface area contributed by atoms with Gasteiger partial charge in [-0.15, -0.1) is 0 Å². The highest BCUT2D eigenvalue weighted by Gasteiger charge is 2.32. The SMILES string of the molecule is CCC(CC)N(CCO)C(=O)[C@H]1CCC(=O)N1. The average molecular weight is 242 g/mol. The number of nitrogens with zero attached hydrogens (tertiary/aromatic N) is 1. The molecule has 5 nitrogen and oxygen atoms in total. The molecule has 17 heavy (non-hydrogen) atoms. The molecule has 1 aliphatic heterocycles. The van der Waals surface area contributed by atoms with Gasteiger partial charge in [-0.25, -0.2) is 0 Å². The summed E-state index contributed by atoms with van der Waals surface area (Å²) in [4.78, 5) is 25.1. The van der Waals surface area contributed by atoms with Gasteiger partial charge >= 0.3 is 0 Å². The number of carbonyl (C=O) groups excluding carboxylic acids is 2. The summed E-state index contributed by atoms with van der Waals surface area (Å²) in [6.45, 7) is 4.36. The van der Waals surface area contributed by atoms with Gasteiger partial charge in [-0.05, 0) is 19.3 Å². The first-order chi connectivity index (χ1) is 8.13. The number of aliphatic hydroxyl groups is 1. The van der Waals surface area contributed by atoms with E-state index in [1.807, 2.05) is 13.8 Å². The molecule has 0 aliphatic carbocycles. The van der Waals surface area contributed by atoms with Crippen LogP contribution in [0.5, 0.6) is 0 Å². The number of amides is 2. The van der Waals surface area contributed by atoms with Crippen molar-refractivity contribution in [2.45, 2.75) is 51.6 Å². The van der Waals surface area contributed by atoms with Crippen molar-refractivity contribution >= 4 is 11.8 Å². The Kier molecular flexibility index (Phi) is 5.41. The Balaban J connectivity index is 2.68. The third-order valence-corrected chi connectivity index (χ3v) is 3.30. The fraction of sp³-hybridized carbons (Fsp3) is 0.833.